The minimum atomic E-state index is 0.0453. The van der Waals surface area contributed by atoms with Crippen molar-refractivity contribution in [2.75, 3.05) is 13.6 Å². The predicted molar refractivity (Wildman–Crippen MR) is 76.4 cm³/mol. The van der Waals surface area contributed by atoms with E-state index in [-0.39, 0.29) is 5.56 Å². The van der Waals surface area contributed by atoms with Crippen LogP contribution in [0.15, 0.2) is 16.9 Å². The summed E-state index contributed by atoms with van der Waals surface area (Å²) in [7, 11) is 1.90. The van der Waals surface area contributed by atoms with E-state index in [0.717, 1.165) is 40.6 Å². The van der Waals surface area contributed by atoms with Crippen LogP contribution in [0, 0.1) is 20.8 Å². The van der Waals surface area contributed by atoms with Gasteiger partial charge in [0.1, 0.15) is 0 Å². The van der Waals surface area contributed by atoms with Gasteiger partial charge in [0.25, 0.3) is 5.56 Å². The van der Waals surface area contributed by atoms with E-state index in [4.69, 9.17) is 0 Å². The van der Waals surface area contributed by atoms with Crippen LogP contribution in [0.4, 0.5) is 0 Å². The molecule has 0 atom stereocenters. The number of aromatic amines is 1. The van der Waals surface area contributed by atoms with Crippen LogP contribution < -0.4 is 10.9 Å². The predicted octanol–water partition coefficient (Wildman–Crippen LogP) is 2.22. The fourth-order valence-electron chi connectivity index (χ4n) is 2.36. The summed E-state index contributed by atoms with van der Waals surface area (Å²) in [5.74, 6) is 0. The largest absolute Gasteiger partial charge is 0.321 e. The smallest absolute Gasteiger partial charge is 0.251 e. The Labute approximate surface area is 107 Å². The Hall–Kier alpha value is -1.61. The zero-order chi connectivity index (χ0) is 13.3. The van der Waals surface area contributed by atoms with Crippen molar-refractivity contribution >= 4 is 10.9 Å². The summed E-state index contributed by atoms with van der Waals surface area (Å²) < 4.78 is 0. The second kappa shape index (κ2) is 4.94. The molecule has 2 aromatic rings. The van der Waals surface area contributed by atoms with Gasteiger partial charge in [0.15, 0.2) is 0 Å². The summed E-state index contributed by atoms with van der Waals surface area (Å²) in [5, 5.41) is 4.24. The molecule has 1 aromatic heterocycles. The van der Waals surface area contributed by atoms with Crippen molar-refractivity contribution < 1.29 is 0 Å². The first kappa shape index (κ1) is 12.8. The van der Waals surface area contributed by atoms with Crippen molar-refractivity contribution in [2.45, 2.75) is 27.2 Å². The van der Waals surface area contributed by atoms with Gasteiger partial charge in [-0.2, -0.15) is 0 Å². The lowest BCUT2D eigenvalue weighted by Crippen LogP contribution is -2.20. The number of nitrogens with one attached hydrogen (secondary N) is 2. The lowest BCUT2D eigenvalue weighted by atomic mass is 9.98. The first-order valence-electron chi connectivity index (χ1n) is 6.32. The summed E-state index contributed by atoms with van der Waals surface area (Å²) in [6, 6.07) is 4.22. The van der Waals surface area contributed by atoms with Gasteiger partial charge in [-0.15, -0.1) is 0 Å². The minimum Gasteiger partial charge on any atom is -0.321 e. The Morgan fingerprint density at radius 2 is 1.89 bits per heavy atom. The van der Waals surface area contributed by atoms with Crippen molar-refractivity contribution in [2.24, 2.45) is 0 Å². The van der Waals surface area contributed by atoms with E-state index in [9.17, 15) is 4.79 Å². The standard InChI is InChI=1S/C15H20N2O/c1-9-5-6-12-11(3)13(7-8-16-4)15(18)17-14(12)10(9)2/h5-6,16H,7-8H2,1-4H3,(H,17,18). The second-order valence-corrected chi connectivity index (χ2v) is 4.84. The average Bonchev–Trinajstić information content (AvgIpc) is 2.34. The van der Waals surface area contributed by atoms with Gasteiger partial charge in [0.05, 0.1) is 5.52 Å². The molecule has 96 valence electrons. The summed E-state index contributed by atoms with van der Waals surface area (Å²) >= 11 is 0. The molecule has 3 nitrogen and oxygen atoms in total. The highest BCUT2D eigenvalue weighted by atomic mass is 16.1. The molecule has 1 heterocycles. The number of fused-ring (bicyclic) bond motifs is 1. The molecule has 0 fully saturated rings. The Morgan fingerprint density at radius 1 is 1.17 bits per heavy atom. The van der Waals surface area contributed by atoms with Crippen molar-refractivity contribution in [3.8, 4) is 0 Å². The van der Waals surface area contributed by atoms with Crippen molar-refractivity contribution in [3.05, 3.63) is 44.7 Å². The molecule has 0 saturated heterocycles. The van der Waals surface area contributed by atoms with Crippen LogP contribution in [0.1, 0.15) is 22.3 Å². The lowest BCUT2D eigenvalue weighted by molar-refractivity contribution is 0.783. The highest BCUT2D eigenvalue weighted by Gasteiger charge is 2.10. The van der Waals surface area contributed by atoms with Crippen LogP contribution in [0.25, 0.3) is 10.9 Å². The highest BCUT2D eigenvalue weighted by Crippen LogP contribution is 2.22. The van der Waals surface area contributed by atoms with Crippen molar-refractivity contribution in [1.82, 2.24) is 10.3 Å². The molecule has 0 bridgehead atoms. The SMILES string of the molecule is CNCCc1c(C)c2ccc(C)c(C)c2[nH]c1=O. The molecule has 0 amide bonds. The van der Waals surface area contributed by atoms with Gasteiger partial charge in [0.2, 0.25) is 0 Å². The Bertz CT molecular complexity index is 641. The molecule has 18 heavy (non-hydrogen) atoms. The second-order valence-electron chi connectivity index (χ2n) is 4.84. The number of aromatic nitrogens is 1. The zero-order valence-electron chi connectivity index (χ0n) is 11.5. The fraction of sp³-hybridized carbons (Fsp3) is 0.400. The fourth-order valence-corrected chi connectivity index (χ4v) is 2.36. The van der Waals surface area contributed by atoms with E-state index in [2.05, 4.69) is 36.3 Å². The minimum absolute atomic E-state index is 0.0453. The summed E-state index contributed by atoms with van der Waals surface area (Å²) in [5.41, 5.74) is 5.38. The molecule has 0 aliphatic rings. The van der Waals surface area contributed by atoms with Crippen LogP contribution >= 0.6 is 0 Å². The van der Waals surface area contributed by atoms with Gasteiger partial charge < -0.3 is 10.3 Å². The Morgan fingerprint density at radius 3 is 2.56 bits per heavy atom. The van der Waals surface area contributed by atoms with E-state index < -0.39 is 0 Å². The number of hydrogen-bond donors (Lipinski definition) is 2. The number of likely N-dealkylation sites (N-methyl/N-ethyl adjacent to an activating group) is 1. The highest BCUT2D eigenvalue weighted by molar-refractivity contribution is 5.86. The van der Waals surface area contributed by atoms with Crippen LogP contribution in [-0.2, 0) is 6.42 Å². The number of benzene rings is 1. The lowest BCUT2D eigenvalue weighted by Gasteiger charge is -2.11. The number of rotatable bonds is 3. The van der Waals surface area contributed by atoms with E-state index >= 15 is 0 Å². The zero-order valence-corrected chi connectivity index (χ0v) is 11.5. The van der Waals surface area contributed by atoms with Crippen molar-refractivity contribution in [3.63, 3.8) is 0 Å². The number of aryl methyl sites for hydroxylation is 3. The maximum Gasteiger partial charge on any atom is 0.251 e. The van der Waals surface area contributed by atoms with E-state index in [1.807, 2.05) is 14.0 Å². The summed E-state index contributed by atoms with van der Waals surface area (Å²) in [6.45, 7) is 6.98. The van der Waals surface area contributed by atoms with Crippen LogP contribution in [-0.4, -0.2) is 18.6 Å². The van der Waals surface area contributed by atoms with Gasteiger partial charge >= 0.3 is 0 Å². The third-order valence-electron chi connectivity index (χ3n) is 3.73. The molecular weight excluding hydrogens is 224 g/mol. The van der Waals surface area contributed by atoms with E-state index in [1.165, 1.54) is 5.56 Å². The molecule has 0 unspecified atom stereocenters. The van der Waals surface area contributed by atoms with Crippen LogP contribution in [0.3, 0.4) is 0 Å². The molecule has 0 saturated carbocycles. The third kappa shape index (κ3) is 2.06. The molecule has 0 radical (unpaired) electrons. The van der Waals surface area contributed by atoms with Crippen LogP contribution in [0.5, 0.6) is 0 Å². The molecule has 0 aliphatic heterocycles. The molecule has 0 aliphatic carbocycles. The molecule has 2 rings (SSSR count). The summed E-state index contributed by atoms with van der Waals surface area (Å²) in [6.07, 6.45) is 0.764. The van der Waals surface area contributed by atoms with Gasteiger partial charge in [-0.1, -0.05) is 12.1 Å². The number of H-pyrrole nitrogens is 1. The molecule has 2 N–H and O–H groups in total. The Balaban J connectivity index is 2.71. The van der Waals surface area contributed by atoms with E-state index in [1.54, 1.807) is 0 Å². The number of pyridine rings is 1. The average molecular weight is 244 g/mol. The third-order valence-corrected chi connectivity index (χ3v) is 3.73. The quantitative estimate of drug-likeness (QED) is 0.869. The molecule has 1 aromatic carbocycles. The maximum atomic E-state index is 12.1. The molecular formula is C15H20N2O. The molecule has 0 spiro atoms. The molecule has 3 heteroatoms. The van der Waals surface area contributed by atoms with Gasteiger partial charge in [-0.3, -0.25) is 4.79 Å². The summed E-state index contributed by atoms with van der Waals surface area (Å²) in [4.78, 5) is 15.2. The normalized spacial score (nSPS) is 11.1. The monoisotopic (exact) mass is 244 g/mol. The van der Waals surface area contributed by atoms with E-state index in [0.29, 0.717) is 0 Å². The van der Waals surface area contributed by atoms with Gasteiger partial charge in [-0.25, -0.2) is 0 Å². The van der Waals surface area contributed by atoms with Gasteiger partial charge in [0, 0.05) is 10.9 Å². The van der Waals surface area contributed by atoms with Crippen LogP contribution in [0.2, 0.25) is 0 Å². The first-order chi connectivity index (χ1) is 8.56. The van der Waals surface area contributed by atoms with Crippen molar-refractivity contribution in [1.29, 1.82) is 0 Å². The topological polar surface area (TPSA) is 44.9 Å². The maximum absolute atomic E-state index is 12.1. The number of hydrogen-bond acceptors (Lipinski definition) is 2. The Kier molecular flexibility index (Phi) is 3.53. The first-order valence-corrected chi connectivity index (χ1v) is 6.32. The van der Waals surface area contributed by atoms with Gasteiger partial charge in [-0.05, 0) is 57.5 Å².